The van der Waals surface area contributed by atoms with Crippen molar-refractivity contribution in [2.45, 2.75) is 12.8 Å². The third-order valence-corrected chi connectivity index (χ3v) is 4.96. The summed E-state index contributed by atoms with van der Waals surface area (Å²) in [7, 11) is 0. The maximum atomic E-state index is 12.6. The zero-order valence-electron chi connectivity index (χ0n) is 10.9. The molecule has 5 heteroatoms. The van der Waals surface area contributed by atoms with Gasteiger partial charge in [0.2, 0.25) is 0 Å². The first-order valence-electron chi connectivity index (χ1n) is 6.71. The molecule has 0 N–H and O–H groups in total. The van der Waals surface area contributed by atoms with Crippen LogP contribution >= 0.6 is 22.6 Å². The molecule has 21 heavy (non-hydrogen) atoms. The van der Waals surface area contributed by atoms with Crippen molar-refractivity contribution in [2.24, 2.45) is 5.92 Å². The number of anilines is 1. The number of carbonyl (C=O) groups is 3. The van der Waals surface area contributed by atoms with Crippen molar-refractivity contribution in [1.29, 1.82) is 0 Å². The van der Waals surface area contributed by atoms with Gasteiger partial charge in [-0.05, 0) is 71.3 Å². The molecule has 2 amide bonds. The Balaban J connectivity index is 1.82. The van der Waals surface area contributed by atoms with Crippen molar-refractivity contribution in [1.82, 2.24) is 0 Å². The van der Waals surface area contributed by atoms with E-state index in [2.05, 4.69) is 22.6 Å². The van der Waals surface area contributed by atoms with Crippen LogP contribution in [-0.2, 0) is 14.4 Å². The van der Waals surface area contributed by atoms with Crippen LogP contribution in [0.5, 0.6) is 0 Å². The molecule has 1 atom stereocenters. The summed E-state index contributed by atoms with van der Waals surface area (Å²) in [6.07, 6.45) is 2.88. The van der Waals surface area contributed by atoms with Gasteiger partial charge >= 0.3 is 0 Å². The number of allylic oxidation sites excluding steroid dienone is 1. The predicted octanol–water partition coefficient (Wildman–Crippen LogP) is 2.38. The Labute approximate surface area is 134 Å². The van der Waals surface area contributed by atoms with Gasteiger partial charge in [-0.15, -0.1) is 0 Å². The summed E-state index contributed by atoms with van der Waals surface area (Å²) in [6.45, 7) is 0. The minimum Gasteiger partial charge on any atom is -0.294 e. The molecule has 1 aliphatic heterocycles. The lowest BCUT2D eigenvalue weighted by Gasteiger charge is -2.27. The van der Waals surface area contributed by atoms with Crippen LogP contribution in [0.3, 0.4) is 0 Å². The molecule has 5 rings (SSSR count). The zero-order chi connectivity index (χ0) is 14.7. The Morgan fingerprint density at radius 2 is 1.76 bits per heavy atom. The maximum absolute atomic E-state index is 12.6. The number of rotatable bonds is 1. The fraction of sp³-hybridized carbons (Fsp3) is 0.188. The van der Waals surface area contributed by atoms with Gasteiger partial charge in [0.15, 0.2) is 5.78 Å². The molecule has 0 fully saturated rings. The third kappa shape index (κ3) is 1.70. The predicted molar refractivity (Wildman–Crippen MR) is 84.5 cm³/mol. The van der Waals surface area contributed by atoms with E-state index >= 15 is 0 Å². The first kappa shape index (κ1) is 12.9. The monoisotopic (exact) mass is 391 g/mol. The van der Waals surface area contributed by atoms with Gasteiger partial charge in [0.25, 0.3) is 11.8 Å². The number of benzene rings is 1. The third-order valence-electron chi connectivity index (χ3n) is 4.24. The van der Waals surface area contributed by atoms with E-state index in [0.29, 0.717) is 29.7 Å². The Morgan fingerprint density at radius 3 is 2.43 bits per heavy atom. The van der Waals surface area contributed by atoms with Crippen molar-refractivity contribution in [2.75, 3.05) is 4.90 Å². The lowest BCUT2D eigenvalue weighted by atomic mass is 9.73. The summed E-state index contributed by atoms with van der Waals surface area (Å²) in [5.74, 6) is -1.09. The smallest absolute Gasteiger partial charge is 0.266 e. The second kappa shape index (κ2) is 4.37. The number of ketones is 1. The van der Waals surface area contributed by atoms with Crippen molar-refractivity contribution < 1.29 is 14.4 Å². The van der Waals surface area contributed by atoms with E-state index in [1.54, 1.807) is 12.1 Å². The summed E-state index contributed by atoms with van der Waals surface area (Å²) in [5.41, 5.74) is 2.16. The SMILES string of the molecule is O=C1C=C2CCC1C1=C2C(=O)N(c2ccc(I)cc2)C1=O. The van der Waals surface area contributed by atoms with Crippen LogP contribution in [0.2, 0.25) is 0 Å². The lowest BCUT2D eigenvalue weighted by Crippen LogP contribution is -2.32. The van der Waals surface area contributed by atoms with Gasteiger partial charge in [-0.25, -0.2) is 4.90 Å². The Bertz CT molecular complexity index is 773. The minimum atomic E-state index is -0.428. The van der Waals surface area contributed by atoms with Crippen molar-refractivity contribution >= 4 is 45.9 Å². The van der Waals surface area contributed by atoms with E-state index in [1.165, 1.54) is 11.0 Å². The lowest BCUT2D eigenvalue weighted by molar-refractivity contribution is -0.123. The van der Waals surface area contributed by atoms with Gasteiger partial charge in [-0.1, -0.05) is 0 Å². The summed E-state index contributed by atoms with van der Waals surface area (Å²) < 4.78 is 1.03. The number of nitrogens with zero attached hydrogens (tertiary/aromatic N) is 1. The molecular weight excluding hydrogens is 381 g/mol. The van der Waals surface area contributed by atoms with E-state index in [9.17, 15) is 14.4 Å². The highest BCUT2D eigenvalue weighted by molar-refractivity contribution is 14.1. The van der Waals surface area contributed by atoms with Gasteiger partial charge in [-0.3, -0.25) is 14.4 Å². The van der Waals surface area contributed by atoms with Crippen molar-refractivity contribution in [3.05, 3.63) is 50.6 Å². The number of amides is 2. The summed E-state index contributed by atoms with van der Waals surface area (Å²) in [4.78, 5) is 38.4. The molecule has 4 nitrogen and oxygen atoms in total. The van der Waals surface area contributed by atoms with Gasteiger partial charge in [0.05, 0.1) is 17.2 Å². The van der Waals surface area contributed by atoms with E-state index in [0.717, 1.165) is 9.14 Å². The molecule has 3 aliphatic carbocycles. The van der Waals surface area contributed by atoms with E-state index < -0.39 is 5.92 Å². The Kier molecular flexibility index (Phi) is 2.69. The van der Waals surface area contributed by atoms with Crippen molar-refractivity contribution in [3.63, 3.8) is 0 Å². The normalized spacial score (nSPS) is 23.9. The number of hydrogen-bond acceptors (Lipinski definition) is 3. The number of carbonyl (C=O) groups excluding carboxylic acids is 3. The van der Waals surface area contributed by atoms with Gasteiger partial charge in [0, 0.05) is 9.14 Å². The molecule has 1 heterocycles. The van der Waals surface area contributed by atoms with Crippen LogP contribution in [0, 0.1) is 9.49 Å². The van der Waals surface area contributed by atoms with Crippen LogP contribution in [0.1, 0.15) is 12.8 Å². The molecule has 1 aromatic carbocycles. The Morgan fingerprint density at radius 1 is 1.05 bits per heavy atom. The summed E-state index contributed by atoms with van der Waals surface area (Å²) in [6, 6.07) is 7.22. The van der Waals surface area contributed by atoms with E-state index in [1.807, 2.05) is 12.1 Å². The number of hydrogen-bond donors (Lipinski definition) is 0. The standard InChI is InChI=1S/C16H10INO3/c17-9-2-4-10(5-3-9)18-15(20)13-8-1-6-11(12(19)7-8)14(13)16(18)21/h2-5,7,11H,1,6H2. The molecule has 2 bridgehead atoms. The molecule has 0 saturated carbocycles. The van der Waals surface area contributed by atoms with Crippen LogP contribution in [-0.4, -0.2) is 17.6 Å². The molecule has 1 unspecified atom stereocenters. The second-order valence-corrected chi connectivity index (χ2v) is 6.62. The van der Waals surface area contributed by atoms with Crippen LogP contribution in [0.15, 0.2) is 47.1 Å². The topological polar surface area (TPSA) is 54.5 Å². The molecule has 0 aromatic heterocycles. The first-order valence-corrected chi connectivity index (χ1v) is 7.79. The van der Waals surface area contributed by atoms with Gasteiger partial charge in [0.1, 0.15) is 0 Å². The number of imide groups is 1. The summed E-state index contributed by atoms with van der Waals surface area (Å²) in [5, 5.41) is 0. The minimum absolute atomic E-state index is 0.0411. The molecule has 4 aliphatic rings. The van der Waals surface area contributed by atoms with Crippen LogP contribution in [0.25, 0.3) is 0 Å². The average Bonchev–Trinajstić information content (AvgIpc) is 2.74. The van der Waals surface area contributed by atoms with E-state index in [4.69, 9.17) is 0 Å². The molecule has 0 spiro atoms. The first-order chi connectivity index (χ1) is 10.1. The quantitative estimate of drug-likeness (QED) is 0.546. The highest BCUT2D eigenvalue weighted by atomic mass is 127. The fourth-order valence-corrected chi connectivity index (χ4v) is 3.63. The average molecular weight is 391 g/mol. The molecule has 0 radical (unpaired) electrons. The zero-order valence-corrected chi connectivity index (χ0v) is 13.1. The molecule has 0 saturated heterocycles. The molecule has 104 valence electrons. The number of halogens is 1. The fourth-order valence-electron chi connectivity index (χ4n) is 3.28. The van der Waals surface area contributed by atoms with Gasteiger partial charge < -0.3 is 0 Å². The van der Waals surface area contributed by atoms with Crippen LogP contribution in [0.4, 0.5) is 5.69 Å². The van der Waals surface area contributed by atoms with E-state index in [-0.39, 0.29) is 17.6 Å². The maximum Gasteiger partial charge on any atom is 0.266 e. The van der Waals surface area contributed by atoms with Gasteiger partial charge in [-0.2, -0.15) is 0 Å². The molecular formula is C16H10INO3. The highest BCUT2D eigenvalue weighted by Crippen LogP contribution is 2.45. The van der Waals surface area contributed by atoms with Crippen molar-refractivity contribution in [3.8, 4) is 0 Å². The molecule has 1 aromatic rings. The highest BCUT2D eigenvalue weighted by Gasteiger charge is 2.49. The largest absolute Gasteiger partial charge is 0.294 e. The van der Waals surface area contributed by atoms with Crippen LogP contribution < -0.4 is 4.90 Å². The Hall–Kier alpha value is -1.76. The second-order valence-electron chi connectivity index (χ2n) is 5.37. The number of fused-ring (bicyclic) bond motifs is 2. The summed E-state index contributed by atoms with van der Waals surface area (Å²) >= 11 is 2.17.